The molecular weight excluding hydrogens is 757 g/mol. The normalized spacial score (nSPS) is 11.2. The Morgan fingerprint density at radius 1 is 0.161 bits per heavy atom. The van der Waals surface area contributed by atoms with Crippen LogP contribution in [-0.2, 0) is 0 Å². The third kappa shape index (κ3) is 6.95. The molecule has 0 saturated carbocycles. The van der Waals surface area contributed by atoms with Crippen LogP contribution in [0, 0.1) is 0 Å². The summed E-state index contributed by atoms with van der Waals surface area (Å²) in [7, 11) is 0. The molecule has 0 radical (unpaired) electrons. The number of rotatable bonds is 8. The van der Waals surface area contributed by atoms with Crippen LogP contribution in [0.25, 0.3) is 112 Å². The van der Waals surface area contributed by atoms with E-state index >= 15 is 0 Å². The molecule has 0 aliphatic heterocycles. The molecule has 9 aromatic carbocycles. The van der Waals surface area contributed by atoms with Crippen molar-refractivity contribution in [3.05, 3.63) is 218 Å². The van der Waals surface area contributed by atoms with Crippen molar-refractivity contribution in [3.63, 3.8) is 0 Å². The highest BCUT2D eigenvalue weighted by Crippen LogP contribution is 2.45. The summed E-state index contributed by atoms with van der Waals surface area (Å²) >= 11 is 0. The fourth-order valence-electron chi connectivity index (χ4n) is 8.19. The average Bonchev–Trinajstić information content (AvgIpc) is 3.37. The zero-order valence-corrected chi connectivity index (χ0v) is 33.5. The molecule has 0 fully saturated rings. The van der Waals surface area contributed by atoms with Crippen LogP contribution in [0.3, 0.4) is 0 Å². The lowest BCUT2D eigenvalue weighted by Crippen LogP contribution is -2.00. The molecule has 0 amide bonds. The molecule has 2 heterocycles. The third-order valence-corrected chi connectivity index (χ3v) is 11.2. The maximum atomic E-state index is 5.00. The van der Waals surface area contributed by atoms with Crippen molar-refractivity contribution < 1.29 is 0 Å². The van der Waals surface area contributed by atoms with Gasteiger partial charge in [-0.2, -0.15) is 0 Å². The molecule has 11 rings (SSSR count). The maximum Gasteiger partial charge on any atom is 0.164 e. The Morgan fingerprint density at radius 3 is 0.613 bits per heavy atom. The lowest BCUT2D eigenvalue weighted by molar-refractivity contribution is 1.07. The fourth-order valence-corrected chi connectivity index (χ4v) is 8.19. The van der Waals surface area contributed by atoms with Gasteiger partial charge in [-0.3, -0.25) is 0 Å². The van der Waals surface area contributed by atoms with Gasteiger partial charge in [-0.05, 0) is 43.8 Å². The monoisotopic (exact) mass is 792 g/mol. The molecule has 0 atom stereocenters. The number of aromatic nitrogens is 6. The third-order valence-electron chi connectivity index (χ3n) is 11.2. The molecule has 0 aliphatic carbocycles. The standard InChI is InChI=1S/C56H36N6/c1-5-17-39(18-6-1)51-57-52(40-19-7-2-8-20-40)60-55(59-51)43-33-29-37(30-34-43)49-47-27-15-13-25-45(47)46-26-14-16-28-48(46)50(49)38-31-35-44(36-32-38)56-61-53(41-21-9-3-10-22-41)58-54(62-56)42-23-11-4-12-24-42/h1-36H. The van der Waals surface area contributed by atoms with E-state index in [1.807, 2.05) is 121 Å². The topological polar surface area (TPSA) is 77.3 Å². The van der Waals surface area contributed by atoms with Gasteiger partial charge in [0.25, 0.3) is 0 Å². The summed E-state index contributed by atoms with van der Waals surface area (Å²) in [6.45, 7) is 0. The number of fused-ring (bicyclic) bond motifs is 3. The minimum absolute atomic E-state index is 0.618. The molecule has 0 saturated heterocycles. The lowest BCUT2D eigenvalue weighted by atomic mass is 9.84. The summed E-state index contributed by atoms with van der Waals surface area (Å²) in [6, 6.07) is 75.0. The van der Waals surface area contributed by atoms with Gasteiger partial charge in [-0.15, -0.1) is 0 Å². The Labute approximate surface area is 359 Å². The molecule has 2 aromatic heterocycles. The highest BCUT2D eigenvalue weighted by molar-refractivity contribution is 6.21. The van der Waals surface area contributed by atoms with Gasteiger partial charge in [0.1, 0.15) is 0 Å². The number of benzene rings is 9. The van der Waals surface area contributed by atoms with Crippen molar-refractivity contribution in [1.82, 2.24) is 29.9 Å². The Kier molecular flexibility index (Phi) is 9.41. The summed E-state index contributed by atoms with van der Waals surface area (Å²) in [5.74, 6) is 3.77. The number of hydrogen-bond donors (Lipinski definition) is 0. The van der Waals surface area contributed by atoms with Crippen LogP contribution < -0.4 is 0 Å². The van der Waals surface area contributed by atoms with Crippen molar-refractivity contribution in [1.29, 1.82) is 0 Å². The second-order valence-corrected chi connectivity index (χ2v) is 15.1. The maximum absolute atomic E-state index is 5.00. The molecular formula is C56H36N6. The summed E-state index contributed by atoms with van der Waals surface area (Å²) in [4.78, 5) is 29.8. The van der Waals surface area contributed by atoms with Gasteiger partial charge in [-0.1, -0.05) is 218 Å². The van der Waals surface area contributed by atoms with E-state index in [1.54, 1.807) is 0 Å². The smallest absolute Gasteiger partial charge is 0.164 e. The molecule has 6 heteroatoms. The van der Waals surface area contributed by atoms with Gasteiger partial charge in [0.15, 0.2) is 34.9 Å². The van der Waals surface area contributed by atoms with Crippen LogP contribution in [0.2, 0.25) is 0 Å². The minimum Gasteiger partial charge on any atom is -0.208 e. The highest BCUT2D eigenvalue weighted by Gasteiger charge is 2.20. The van der Waals surface area contributed by atoms with Crippen LogP contribution in [-0.4, -0.2) is 29.9 Å². The van der Waals surface area contributed by atoms with E-state index in [-0.39, 0.29) is 0 Å². The van der Waals surface area contributed by atoms with Crippen LogP contribution in [0.4, 0.5) is 0 Å². The van der Waals surface area contributed by atoms with Crippen LogP contribution in [0.5, 0.6) is 0 Å². The molecule has 0 unspecified atom stereocenters. The van der Waals surface area contributed by atoms with E-state index in [0.29, 0.717) is 34.9 Å². The predicted octanol–water partition coefficient (Wildman–Crippen LogP) is 13.7. The van der Waals surface area contributed by atoms with Crippen LogP contribution in [0.15, 0.2) is 218 Å². The van der Waals surface area contributed by atoms with Gasteiger partial charge in [0, 0.05) is 33.4 Å². The average molecular weight is 793 g/mol. The summed E-state index contributed by atoms with van der Waals surface area (Å²) < 4.78 is 0. The molecule has 0 N–H and O–H groups in total. The first-order chi connectivity index (χ1) is 30.7. The lowest BCUT2D eigenvalue weighted by Gasteiger charge is -2.19. The first-order valence-corrected chi connectivity index (χ1v) is 20.6. The first-order valence-electron chi connectivity index (χ1n) is 20.6. The van der Waals surface area contributed by atoms with Crippen LogP contribution in [0.1, 0.15) is 0 Å². The highest BCUT2D eigenvalue weighted by atomic mass is 15.0. The van der Waals surface area contributed by atoms with Crippen molar-refractivity contribution in [2.45, 2.75) is 0 Å². The quantitative estimate of drug-likeness (QED) is 0.143. The van der Waals surface area contributed by atoms with Crippen molar-refractivity contribution in [2.75, 3.05) is 0 Å². The van der Waals surface area contributed by atoms with Crippen molar-refractivity contribution in [2.24, 2.45) is 0 Å². The van der Waals surface area contributed by atoms with Crippen molar-refractivity contribution in [3.8, 4) is 90.6 Å². The van der Waals surface area contributed by atoms with E-state index in [0.717, 1.165) is 55.6 Å². The van der Waals surface area contributed by atoms with Gasteiger partial charge in [0.05, 0.1) is 0 Å². The van der Waals surface area contributed by atoms with Crippen molar-refractivity contribution >= 4 is 21.5 Å². The Hall–Kier alpha value is -8.48. The zero-order chi connectivity index (χ0) is 41.2. The SMILES string of the molecule is c1ccc(-c2nc(-c3ccccc3)nc(-c3ccc(-c4c(-c5ccc(-c6nc(-c7ccccc7)nc(-c7ccccc7)n6)cc5)c5ccccc5c5ccccc45)cc3)n2)cc1. The van der Waals surface area contributed by atoms with Gasteiger partial charge >= 0.3 is 0 Å². The number of hydrogen-bond acceptors (Lipinski definition) is 6. The van der Waals surface area contributed by atoms with E-state index in [2.05, 4.69) is 97.1 Å². The first kappa shape index (κ1) is 36.6. The van der Waals surface area contributed by atoms with Crippen LogP contribution >= 0.6 is 0 Å². The van der Waals surface area contributed by atoms with Gasteiger partial charge in [0.2, 0.25) is 0 Å². The van der Waals surface area contributed by atoms with Gasteiger partial charge < -0.3 is 0 Å². The summed E-state index contributed by atoms with van der Waals surface area (Å²) in [5, 5.41) is 4.75. The number of nitrogens with zero attached hydrogens (tertiary/aromatic N) is 6. The van der Waals surface area contributed by atoms with E-state index in [4.69, 9.17) is 29.9 Å². The minimum atomic E-state index is 0.618. The molecule has 290 valence electrons. The molecule has 0 aliphatic rings. The Balaban J connectivity index is 1.04. The summed E-state index contributed by atoms with van der Waals surface area (Å²) in [6.07, 6.45) is 0. The van der Waals surface area contributed by atoms with Gasteiger partial charge in [-0.25, -0.2) is 29.9 Å². The predicted molar refractivity (Wildman–Crippen MR) is 252 cm³/mol. The Bertz CT molecular complexity index is 3010. The summed E-state index contributed by atoms with van der Waals surface area (Å²) in [5.41, 5.74) is 10.1. The molecule has 0 spiro atoms. The van der Waals surface area contributed by atoms with E-state index < -0.39 is 0 Å². The zero-order valence-electron chi connectivity index (χ0n) is 33.5. The Morgan fingerprint density at radius 2 is 0.355 bits per heavy atom. The molecule has 6 nitrogen and oxygen atoms in total. The van der Waals surface area contributed by atoms with E-state index in [1.165, 1.54) is 21.5 Å². The largest absolute Gasteiger partial charge is 0.208 e. The fraction of sp³-hybridized carbons (Fsp3) is 0. The second-order valence-electron chi connectivity index (χ2n) is 15.1. The molecule has 0 bridgehead atoms. The van der Waals surface area contributed by atoms with E-state index in [9.17, 15) is 0 Å². The molecule has 62 heavy (non-hydrogen) atoms. The molecule has 11 aromatic rings. The second kappa shape index (κ2) is 15.9.